The summed E-state index contributed by atoms with van der Waals surface area (Å²) in [6.07, 6.45) is 0.598. The van der Waals surface area contributed by atoms with Crippen molar-refractivity contribution in [2.75, 3.05) is 30.0 Å². The van der Waals surface area contributed by atoms with E-state index in [1.165, 1.54) is 18.2 Å². The number of nitrogens with zero attached hydrogens (tertiary/aromatic N) is 1. The van der Waals surface area contributed by atoms with Crippen LogP contribution in [0.1, 0.15) is 22.3 Å². The third-order valence-electron chi connectivity index (χ3n) is 5.17. The van der Waals surface area contributed by atoms with Crippen LogP contribution in [-0.4, -0.2) is 31.6 Å². The second-order valence-electron chi connectivity index (χ2n) is 7.58. The molecule has 4 rings (SSSR count). The van der Waals surface area contributed by atoms with Crippen molar-refractivity contribution in [2.24, 2.45) is 0 Å². The zero-order chi connectivity index (χ0) is 23.4. The smallest absolute Gasteiger partial charge is 0.265 e. The van der Waals surface area contributed by atoms with Crippen LogP contribution in [0.25, 0.3) is 0 Å². The first-order chi connectivity index (χ1) is 15.9. The zero-order valence-corrected chi connectivity index (χ0v) is 18.7. The largest absolute Gasteiger partial charge is 0.494 e. The van der Waals surface area contributed by atoms with Crippen molar-refractivity contribution in [3.05, 3.63) is 82.6 Å². The van der Waals surface area contributed by atoms with Gasteiger partial charge in [0.15, 0.2) is 6.61 Å². The van der Waals surface area contributed by atoms with Crippen molar-refractivity contribution in [2.45, 2.75) is 13.3 Å². The van der Waals surface area contributed by atoms with E-state index in [0.29, 0.717) is 36.7 Å². The van der Waals surface area contributed by atoms with Gasteiger partial charge in [0.1, 0.15) is 17.3 Å². The Kier molecular flexibility index (Phi) is 6.79. The first kappa shape index (κ1) is 22.6. The maximum Gasteiger partial charge on any atom is 0.265 e. The van der Waals surface area contributed by atoms with Crippen molar-refractivity contribution in [3.8, 4) is 11.5 Å². The Hall–Kier alpha value is -3.58. The summed E-state index contributed by atoms with van der Waals surface area (Å²) in [4.78, 5) is 26.7. The van der Waals surface area contributed by atoms with E-state index in [-0.39, 0.29) is 23.1 Å². The summed E-state index contributed by atoms with van der Waals surface area (Å²) in [7, 11) is 0. The second-order valence-corrected chi connectivity index (χ2v) is 7.99. The van der Waals surface area contributed by atoms with Gasteiger partial charge in [-0.1, -0.05) is 35.4 Å². The summed E-state index contributed by atoms with van der Waals surface area (Å²) in [5.74, 6) is -0.300. The van der Waals surface area contributed by atoms with Gasteiger partial charge in [0.05, 0.1) is 22.9 Å². The normalized spacial score (nSPS) is 12.7. The molecule has 0 bridgehead atoms. The maximum atomic E-state index is 14.1. The zero-order valence-electron chi connectivity index (χ0n) is 17.9. The molecule has 1 N–H and O–H groups in total. The molecule has 1 aliphatic heterocycles. The number of carbonyl (C=O) groups is 2. The predicted octanol–water partition coefficient (Wildman–Crippen LogP) is 5.23. The lowest BCUT2D eigenvalue weighted by Gasteiger charge is -2.30. The van der Waals surface area contributed by atoms with Crippen LogP contribution >= 0.6 is 11.6 Å². The molecular formula is C25H22ClFN2O4. The van der Waals surface area contributed by atoms with Crippen LogP contribution < -0.4 is 19.7 Å². The Morgan fingerprint density at radius 1 is 1.18 bits per heavy atom. The highest BCUT2D eigenvalue weighted by Gasteiger charge is 2.26. The summed E-state index contributed by atoms with van der Waals surface area (Å²) < 4.78 is 25.3. The molecule has 0 spiro atoms. The van der Waals surface area contributed by atoms with Crippen molar-refractivity contribution in [1.82, 2.24) is 0 Å². The Morgan fingerprint density at radius 3 is 2.73 bits per heavy atom. The first-order valence-corrected chi connectivity index (χ1v) is 10.8. The van der Waals surface area contributed by atoms with Gasteiger partial charge in [-0.15, -0.1) is 0 Å². The van der Waals surface area contributed by atoms with E-state index in [4.69, 9.17) is 21.1 Å². The van der Waals surface area contributed by atoms with Crippen LogP contribution in [0.4, 0.5) is 15.8 Å². The molecule has 0 saturated heterocycles. The van der Waals surface area contributed by atoms with Gasteiger partial charge in [-0.3, -0.25) is 9.59 Å². The summed E-state index contributed by atoms with van der Waals surface area (Å²) >= 11 is 5.99. The average molecular weight is 469 g/mol. The molecule has 0 radical (unpaired) electrons. The average Bonchev–Trinajstić information content (AvgIpc) is 2.79. The third kappa shape index (κ3) is 5.26. The standard InChI is InChI=1S/C25H22ClFN2O4/c1-16-6-9-18(10-7-16)32-13-3-12-29-21-14-17(8-11-22(21)33-15-23(29)30)28-25(31)24-19(26)4-2-5-20(24)27/h2,4-11,14H,3,12-13,15H2,1H3,(H,28,31). The SMILES string of the molecule is Cc1ccc(OCCCN2C(=O)COc3ccc(NC(=O)c4c(F)cccc4Cl)cc32)cc1. The lowest BCUT2D eigenvalue weighted by Crippen LogP contribution is -2.39. The number of halogens is 2. The monoisotopic (exact) mass is 468 g/mol. The molecule has 1 aliphatic rings. The van der Waals surface area contributed by atoms with Crippen LogP contribution in [0, 0.1) is 12.7 Å². The van der Waals surface area contributed by atoms with Crippen LogP contribution in [0.3, 0.4) is 0 Å². The topological polar surface area (TPSA) is 67.9 Å². The lowest BCUT2D eigenvalue weighted by atomic mass is 10.1. The molecule has 3 aromatic carbocycles. The minimum atomic E-state index is -0.716. The predicted molar refractivity (Wildman–Crippen MR) is 125 cm³/mol. The minimum absolute atomic E-state index is 0.0131. The van der Waals surface area contributed by atoms with Gasteiger partial charge in [0, 0.05) is 12.2 Å². The molecule has 0 aromatic heterocycles. The molecule has 170 valence electrons. The number of hydrogen-bond donors (Lipinski definition) is 1. The maximum absolute atomic E-state index is 14.1. The Bertz CT molecular complexity index is 1160. The van der Waals surface area contributed by atoms with E-state index in [1.807, 2.05) is 31.2 Å². The fraction of sp³-hybridized carbons (Fsp3) is 0.200. The highest BCUT2D eigenvalue weighted by Crippen LogP contribution is 2.35. The summed E-state index contributed by atoms with van der Waals surface area (Å²) in [6, 6.07) is 16.7. The molecule has 8 heteroatoms. The number of aryl methyl sites for hydroxylation is 1. The van der Waals surface area contributed by atoms with Crippen LogP contribution in [0.2, 0.25) is 5.02 Å². The van der Waals surface area contributed by atoms with E-state index >= 15 is 0 Å². The molecule has 0 fully saturated rings. The van der Waals surface area contributed by atoms with Crippen molar-refractivity contribution < 1.29 is 23.5 Å². The highest BCUT2D eigenvalue weighted by molar-refractivity contribution is 6.34. The van der Waals surface area contributed by atoms with Crippen molar-refractivity contribution in [1.29, 1.82) is 0 Å². The van der Waals surface area contributed by atoms with Crippen LogP contribution in [-0.2, 0) is 4.79 Å². The van der Waals surface area contributed by atoms with E-state index in [0.717, 1.165) is 11.3 Å². The second kappa shape index (κ2) is 9.92. The van der Waals surface area contributed by atoms with Gasteiger partial charge in [-0.25, -0.2) is 4.39 Å². The fourth-order valence-electron chi connectivity index (χ4n) is 3.48. The molecule has 33 heavy (non-hydrogen) atoms. The van der Waals surface area contributed by atoms with E-state index in [1.54, 1.807) is 23.1 Å². The quantitative estimate of drug-likeness (QED) is 0.482. The fourth-order valence-corrected chi connectivity index (χ4v) is 3.73. The molecule has 1 heterocycles. The number of carbonyl (C=O) groups excluding carboxylic acids is 2. The molecule has 3 aromatic rings. The van der Waals surface area contributed by atoms with Gasteiger partial charge in [-0.2, -0.15) is 0 Å². The lowest BCUT2D eigenvalue weighted by molar-refractivity contribution is -0.121. The molecule has 0 aliphatic carbocycles. The number of rotatable bonds is 7. The molecule has 0 atom stereocenters. The summed E-state index contributed by atoms with van der Waals surface area (Å²) in [5.41, 5.74) is 1.82. The van der Waals surface area contributed by atoms with Gasteiger partial charge < -0.3 is 19.7 Å². The number of fused-ring (bicyclic) bond motifs is 1. The van der Waals surface area contributed by atoms with Crippen LogP contribution in [0.15, 0.2) is 60.7 Å². The first-order valence-electron chi connectivity index (χ1n) is 10.4. The number of hydrogen-bond acceptors (Lipinski definition) is 4. The van der Waals surface area contributed by atoms with E-state index < -0.39 is 11.7 Å². The van der Waals surface area contributed by atoms with Gasteiger partial charge >= 0.3 is 0 Å². The number of benzene rings is 3. The number of nitrogens with one attached hydrogen (secondary N) is 1. The van der Waals surface area contributed by atoms with Crippen molar-refractivity contribution in [3.63, 3.8) is 0 Å². The van der Waals surface area contributed by atoms with Gasteiger partial charge in [0.2, 0.25) is 0 Å². The molecular weight excluding hydrogens is 447 g/mol. The summed E-state index contributed by atoms with van der Waals surface area (Å²) in [6.45, 7) is 2.79. The van der Waals surface area contributed by atoms with E-state index in [2.05, 4.69) is 5.32 Å². The number of amides is 2. The molecule has 0 saturated carbocycles. The minimum Gasteiger partial charge on any atom is -0.494 e. The summed E-state index contributed by atoms with van der Waals surface area (Å²) in [5, 5.41) is 2.65. The third-order valence-corrected chi connectivity index (χ3v) is 5.48. The van der Waals surface area contributed by atoms with Crippen LogP contribution in [0.5, 0.6) is 11.5 Å². The highest BCUT2D eigenvalue weighted by atomic mass is 35.5. The number of ether oxygens (including phenoxy) is 2. The van der Waals surface area contributed by atoms with Crippen molar-refractivity contribution >= 4 is 34.8 Å². The van der Waals surface area contributed by atoms with E-state index in [9.17, 15) is 14.0 Å². The van der Waals surface area contributed by atoms with Gasteiger partial charge in [0.25, 0.3) is 11.8 Å². The molecule has 0 unspecified atom stereocenters. The molecule has 6 nitrogen and oxygen atoms in total. The Morgan fingerprint density at radius 2 is 1.97 bits per heavy atom. The number of anilines is 2. The molecule has 2 amide bonds. The van der Waals surface area contributed by atoms with Gasteiger partial charge in [-0.05, 0) is 55.8 Å². The Labute approximate surface area is 195 Å². The Balaban J connectivity index is 1.44.